The van der Waals surface area contributed by atoms with E-state index in [4.69, 9.17) is 23.2 Å². The summed E-state index contributed by atoms with van der Waals surface area (Å²) in [5.74, 6) is -0.171. The Balaban J connectivity index is 2.55. The Morgan fingerprint density at radius 3 is 2.67 bits per heavy atom. The molecule has 0 aliphatic heterocycles. The highest BCUT2D eigenvalue weighted by Gasteiger charge is 2.31. The minimum Gasteiger partial charge on any atom is -0.464 e. The number of ketones is 1. The van der Waals surface area contributed by atoms with Crippen molar-refractivity contribution in [3.05, 3.63) is 33.4 Å². The number of fused-ring (bicyclic) bond motifs is 3. The molecule has 0 amide bonds. The Kier molecular flexibility index (Phi) is 2.40. The van der Waals surface area contributed by atoms with Gasteiger partial charge in [-0.3, -0.25) is 4.79 Å². The summed E-state index contributed by atoms with van der Waals surface area (Å²) in [5, 5.41) is 10.5. The molecular formula is C12H7Cl2NO3. The first-order chi connectivity index (χ1) is 8.52. The minimum absolute atomic E-state index is 0.171. The van der Waals surface area contributed by atoms with Crippen molar-refractivity contribution in [2.75, 3.05) is 0 Å². The van der Waals surface area contributed by atoms with Gasteiger partial charge in [0.25, 0.3) is 0 Å². The second kappa shape index (κ2) is 3.73. The molecule has 0 unspecified atom stereocenters. The molecule has 3 rings (SSSR count). The van der Waals surface area contributed by atoms with E-state index < -0.39 is 6.09 Å². The molecule has 0 fully saturated rings. The van der Waals surface area contributed by atoms with E-state index in [-0.39, 0.29) is 11.5 Å². The molecule has 6 heteroatoms. The van der Waals surface area contributed by atoms with Gasteiger partial charge in [-0.05, 0) is 24.1 Å². The van der Waals surface area contributed by atoms with E-state index >= 15 is 0 Å². The number of Topliss-reactive ketones (excluding diaryl/α,β-unsaturated/α-hetero) is 1. The molecule has 0 atom stereocenters. The molecule has 1 aromatic heterocycles. The number of carboxylic acid groups (broad SMARTS) is 1. The number of halogens is 2. The van der Waals surface area contributed by atoms with Crippen LogP contribution in [0.5, 0.6) is 0 Å². The third kappa shape index (κ3) is 1.33. The van der Waals surface area contributed by atoms with Gasteiger partial charge in [0, 0.05) is 11.8 Å². The van der Waals surface area contributed by atoms with Crippen LogP contribution in [0.15, 0.2) is 12.1 Å². The van der Waals surface area contributed by atoms with Gasteiger partial charge in [0.2, 0.25) is 0 Å². The number of nitrogens with zero attached hydrogens (tertiary/aromatic N) is 1. The van der Waals surface area contributed by atoms with Crippen molar-refractivity contribution in [3.8, 4) is 0 Å². The lowest BCUT2D eigenvalue weighted by atomic mass is 10.1. The fraction of sp³-hybridized carbons (Fsp3) is 0.167. The summed E-state index contributed by atoms with van der Waals surface area (Å²) >= 11 is 12.1. The van der Waals surface area contributed by atoms with E-state index in [9.17, 15) is 14.7 Å². The average molecular weight is 284 g/mol. The van der Waals surface area contributed by atoms with Gasteiger partial charge in [-0.1, -0.05) is 23.2 Å². The molecule has 1 aromatic carbocycles. The summed E-state index contributed by atoms with van der Waals surface area (Å²) in [6.45, 7) is 0. The summed E-state index contributed by atoms with van der Waals surface area (Å²) in [4.78, 5) is 23.1. The standard InChI is InChI=1S/C12H7Cl2NO3/c13-6-2-3-7-9(10(6)14)5-1-4-8(16)11(5)15(7)12(17)18/h2-3H,1,4H2,(H,17,18). The fourth-order valence-electron chi connectivity index (χ4n) is 2.48. The maximum Gasteiger partial charge on any atom is 0.416 e. The number of carbonyl (C=O) groups is 2. The van der Waals surface area contributed by atoms with Gasteiger partial charge in [0.1, 0.15) is 0 Å². The van der Waals surface area contributed by atoms with Crippen LogP contribution >= 0.6 is 23.2 Å². The fourth-order valence-corrected chi connectivity index (χ4v) is 2.91. The molecule has 1 N–H and O–H groups in total. The van der Waals surface area contributed by atoms with E-state index in [1.807, 2.05) is 0 Å². The molecule has 1 aliphatic carbocycles. The first kappa shape index (κ1) is 11.6. The summed E-state index contributed by atoms with van der Waals surface area (Å²) < 4.78 is 1.00. The first-order valence-electron chi connectivity index (χ1n) is 5.30. The van der Waals surface area contributed by atoms with Crippen LogP contribution < -0.4 is 0 Å². The highest BCUT2D eigenvalue weighted by molar-refractivity contribution is 6.45. The van der Waals surface area contributed by atoms with Crippen molar-refractivity contribution in [3.63, 3.8) is 0 Å². The van der Waals surface area contributed by atoms with Crippen LogP contribution in [0.4, 0.5) is 4.79 Å². The summed E-state index contributed by atoms with van der Waals surface area (Å²) in [7, 11) is 0. The molecule has 0 saturated carbocycles. The van der Waals surface area contributed by atoms with Crippen molar-refractivity contribution in [1.29, 1.82) is 0 Å². The van der Waals surface area contributed by atoms with Crippen LogP contribution in [0.1, 0.15) is 22.5 Å². The van der Waals surface area contributed by atoms with E-state index in [1.165, 1.54) is 6.07 Å². The third-order valence-electron chi connectivity index (χ3n) is 3.18. The second-order valence-electron chi connectivity index (χ2n) is 4.12. The molecular weight excluding hydrogens is 277 g/mol. The van der Waals surface area contributed by atoms with Crippen molar-refractivity contribution in [1.82, 2.24) is 4.57 Å². The average Bonchev–Trinajstić information content (AvgIpc) is 2.82. The number of rotatable bonds is 0. The SMILES string of the molecule is O=C1CCc2c1n(C(=O)O)c1ccc(Cl)c(Cl)c21. The Bertz CT molecular complexity index is 718. The molecule has 0 bridgehead atoms. The van der Waals surface area contributed by atoms with Crippen molar-refractivity contribution in [2.45, 2.75) is 12.8 Å². The molecule has 0 spiro atoms. The number of aryl methyl sites for hydroxylation is 1. The number of aromatic nitrogens is 1. The summed E-state index contributed by atoms with van der Waals surface area (Å²) in [6, 6.07) is 3.11. The summed E-state index contributed by atoms with van der Waals surface area (Å²) in [5.41, 5.74) is 1.32. The Hall–Kier alpha value is -1.52. The normalized spacial score (nSPS) is 14.2. The van der Waals surface area contributed by atoms with Gasteiger partial charge in [-0.15, -0.1) is 0 Å². The Morgan fingerprint density at radius 2 is 2.00 bits per heavy atom. The molecule has 18 heavy (non-hydrogen) atoms. The quantitative estimate of drug-likeness (QED) is 0.804. The third-order valence-corrected chi connectivity index (χ3v) is 3.99. The van der Waals surface area contributed by atoms with Gasteiger partial charge >= 0.3 is 6.09 Å². The van der Waals surface area contributed by atoms with Crippen molar-refractivity contribution < 1.29 is 14.7 Å². The number of hydrogen-bond acceptors (Lipinski definition) is 2. The topological polar surface area (TPSA) is 59.3 Å². The largest absolute Gasteiger partial charge is 0.464 e. The van der Waals surface area contributed by atoms with Crippen molar-refractivity contribution >= 4 is 46.0 Å². The predicted molar refractivity (Wildman–Crippen MR) is 68.0 cm³/mol. The Morgan fingerprint density at radius 1 is 1.28 bits per heavy atom. The molecule has 0 radical (unpaired) electrons. The van der Waals surface area contributed by atoms with Gasteiger partial charge in [-0.25, -0.2) is 9.36 Å². The van der Waals surface area contributed by atoms with Crippen LogP contribution in [0.25, 0.3) is 10.9 Å². The zero-order valence-corrected chi connectivity index (χ0v) is 10.5. The maximum atomic E-state index is 11.8. The van der Waals surface area contributed by atoms with Crippen LogP contribution in [0.2, 0.25) is 10.0 Å². The molecule has 92 valence electrons. The molecule has 0 saturated heterocycles. The lowest BCUT2D eigenvalue weighted by Gasteiger charge is -2.03. The molecule has 4 nitrogen and oxygen atoms in total. The molecule has 1 heterocycles. The van der Waals surface area contributed by atoms with Gasteiger partial charge in [0.15, 0.2) is 5.78 Å². The van der Waals surface area contributed by atoms with Crippen LogP contribution in [0, 0.1) is 0 Å². The van der Waals surface area contributed by atoms with Gasteiger partial charge in [-0.2, -0.15) is 0 Å². The lowest BCUT2D eigenvalue weighted by molar-refractivity contribution is 0.0985. The lowest BCUT2D eigenvalue weighted by Crippen LogP contribution is -2.13. The highest BCUT2D eigenvalue weighted by Crippen LogP contribution is 2.39. The second-order valence-corrected chi connectivity index (χ2v) is 4.91. The predicted octanol–water partition coefficient (Wildman–Crippen LogP) is 3.60. The van der Waals surface area contributed by atoms with Crippen LogP contribution in [-0.4, -0.2) is 21.6 Å². The van der Waals surface area contributed by atoms with E-state index in [2.05, 4.69) is 0 Å². The smallest absolute Gasteiger partial charge is 0.416 e. The van der Waals surface area contributed by atoms with Crippen molar-refractivity contribution in [2.24, 2.45) is 0 Å². The number of benzene rings is 1. The van der Waals surface area contributed by atoms with Gasteiger partial charge < -0.3 is 5.11 Å². The summed E-state index contributed by atoms with van der Waals surface area (Å²) in [6.07, 6.45) is -0.364. The maximum absolute atomic E-state index is 11.8. The first-order valence-corrected chi connectivity index (χ1v) is 6.05. The zero-order valence-electron chi connectivity index (χ0n) is 9.04. The zero-order chi connectivity index (χ0) is 13.0. The molecule has 2 aromatic rings. The monoisotopic (exact) mass is 283 g/mol. The van der Waals surface area contributed by atoms with Gasteiger partial charge in [0.05, 0.1) is 21.3 Å². The highest BCUT2D eigenvalue weighted by atomic mass is 35.5. The van der Waals surface area contributed by atoms with Crippen LogP contribution in [0.3, 0.4) is 0 Å². The minimum atomic E-state index is -1.19. The van der Waals surface area contributed by atoms with E-state index in [1.54, 1.807) is 6.07 Å². The molecule has 1 aliphatic rings. The van der Waals surface area contributed by atoms with E-state index in [0.717, 1.165) is 4.57 Å². The number of hydrogen-bond donors (Lipinski definition) is 1. The number of carbonyl (C=O) groups excluding carboxylic acids is 1. The van der Waals surface area contributed by atoms with E-state index in [0.29, 0.717) is 39.4 Å². The Labute approximate surface area is 112 Å². The van der Waals surface area contributed by atoms with Crippen LogP contribution in [-0.2, 0) is 6.42 Å².